The van der Waals surface area contributed by atoms with Crippen molar-refractivity contribution in [3.63, 3.8) is 0 Å². The van der Waals surface area contributed by atoms with Crippen molar-refractivity contribution in [2.45, 2.75) is 35.0 Å². The molecular weight excluding hydrogens is 376 g/mol. The summed E-state index contributed by atoms with van der Waals surface area (Å²) in [6.07, 6.45) is 0.838. The molecule has 0 spiro atoms. The van der Waals surface area contributed by atoms with E-state index in [-0.39, 0.29) is 26.1 Å². The zero-order valence-electron chi connectivity index (χ0n) is 12.8. The fourth-order valence-corrected chi connectivity index (χ4v) is 4.48. The molecule has 1 atom stereocenters. The fourth-order valence-electron chi connectivity index (χ4n) is 2.18. The van der Waals surface area contributed by atoms with Crippen LogP contribution in [0.3, 0.4) is 0 Å². The number of thiazole rings is 1. The van der Waals surface area contributed by atoms with Gasteiger partial charge in [-0.3, -0.25) is 4.55 Å². The smallest absolute Gasteiger partial charge is 0.294 e. The number of aliphatic hydroxyl groups is 1. The predicted octanol–water partition coefficient (Wildman–Crippen LogP) is 0.796. The average molecular weight is 392 g/mol. The largest absolute Gasteiger partial charge is 0.383 e. The Bertz CT molecular complexity index is 977. The molecule has 132 valence electrons. The second-order valence-electron chi connectivity index (χ2n) is 5.57. The second kappa shape index (κ2) is 6.17. The molecule has 24 heavy (non-hydrogen) atoms. The van der Waals surface area contributed by atoms with Crippen LogP contribution in [-0.4, -0.2) is 31.5 Å². The normalized spacial score (nSPS) is 15.2. The van der Waals surface area contributed by atoms with E-state index < -0.39 is 25.7 Å². The molecule has 1 heterocycles. The van der Waals surface area contributed by atoms with Crippen molar-refractivity contribution in [1.82, 2.24) is 4.98 Å². The molecule has 0 amide bonds. The highest BCUT2D eigenvalue weighted by atomic mass is 32.2. The Balaban J connectivity index is 2.47. The lowest BCUT2D eigenvalue weighted by atomic mass is 9.96. The number of aromatic nitrogens is 1. The van der Waals surface area contributed by atoms with Crippen molar-refractivity contribution in [2.75, 3.05) is 0 Å². The first-order chi connectivity index (χ1) is 10.8. The van der Waals surface area contributed by atoms with Gasteiger partial charge in [-0.1, -0.05) is 17.7 Å². The van der Waals surface area contributed by atoms with Gasteiger partial charge in [0.2, 0.25) is 10.0 Å². The third-order valence-corrected chi connectivity index (χ3v) is 6.87. The van der Waals surface area contributed by atoms with Crippen molar-refractivity contribution in [2.24, 2.45) is 5.14 Å². The average Bonchev–Trinajstić information content (AvgIpc) is 2.86. The molecule has 0 radical (unpaired) electrons. The highest BCUT2D eigenvalue weighted by molar-refractivity contribution is 7.91. The minimum atomic E-state index is -4.47. The summed E-state index contributed by atoms with van der Waals surface area (Å²) >= 11 is 0.698. The summed E-state index contributed by atoms with van der Waals surface area (Å²) < 4.78 is 54.7. The van der Waals surface area contributed by atoms with Gasteiger partial charge in [-0.05, 0) is 25.5 Å². The van der Waals surface area contributed by atoms with Crippen molar-refractivity contribution >= 4 is 31.5 Å². The first-order valence-electron chi connectivity index (χ1n) is 6.59. The molecule has 8 nitrogen and oxygen atoms in total. The minimum Gasteiger partial charge on any atom is -0.383 e. The van der Waals surface area contributed by atoms with Gasteiger partial charge < -0.3 is 5.11 Å². The van der Waals surface area contributed by atoms with Gasteiger partial charge in [0, 0.05) is 6.42 Å². The maximum absolute atomic E-state index is 11.5. The molecule has 4 N–H and O–H groups in total. The molecule has 0 aliphatic rings. The Morgan fingerprint density at radius 1 is 1.29 bits per heavy atom. The maximum Gasteiger partial charge on any atom is 0.294 e. The van der Waals surface area contributed by atoms with Crippen LogP contribution < -0.4 is 5.14 Å². The summed E-state index contributed by atoms with van der Waals surface area (Å²) in [7, 11) is -8.41. The number of primary sulfonamides is 1. The van der Waals surface area contributed by atoms with Gasteiger partial charge in [0.15, 0.2) is 4.21 Å². The summed E-state index contributed by atoms with van der Waals surface area (Å²) in [4.78, 5) is 3.54. The molecule has 2 rings (SSSR count). The van der Waals surface area contributed by atoms with Crippen LogP contribution in [0.2, 0.25) is 0 Å². The van der Waals surface area contributed by atoms with E-state index >= 15 is 0 Å². The Kier molecular flexibility index (Phi) is 4.87. The third-order valence-electron chi connectivity index (χ3n) is 3.25. The highest BCUT2D eigenvalue weighted by Crippen LogP contribution is 2.32. The molecular formula is C13H16N2O6S3. The van der Waals surface area contributed by atoms with Gasteiger partial charge in [-0.15, -0.1) is 11.3 Å². The number of aryl methyl sites for hydroxylation is 1. The summed E-state index contributed by atoms with van der Waals surface area (Å²) in [5.41, 5.74) is -0.728. The van der Waals surface area contributed by atoms with E-state index in [0.29, 0.717) is 11.3 Å². The van der Waals surface area contributed by atoms with Crippen LogP contribution >= 0.6 is 11.3 Å². The number of nitrogens with two attached hydrogens (primary N) is 1. The SMILES string of the molecule is Cc1ccc(S(=O)(=O)O)c(CC(C)(O)c2ncc(S(N)(=O)=O)s2)c1. The van der Waals surface area contributed by atoms with Gasteiger partial charge in [-0.25, -0.2) is 18.5 Å². The van der Waals surface area contributed by atoms with Crippen LogP contribution in [0.15, 0.2) is 33.5 Å². The lowest BCUT2D eigenvalue weighted by molar-refractivity contribution is 0.0566. The zero-order chi connectivity index (χ0) is 18.3. The fraction of sp³-hybridized carbons (Fsp3) is 0.308. The minimum absolute atomic E-state index is 0.0642. The Morgan fingerprint density at radius 3 is 2.42 bits per heavy atom. The van der Waals surface area contributed by atoms with E-state index in [2.05, 4.69) is 4.98 Å². The quantitative estimate of drug-likeness (QED) is 0.637. The van der Waals surface area contributed by atoms with Crippen molar-refractivity contribution in [1.29, 1.82) is 0 Å². The van der Waals surface area contributed by atoms with Gasteiger partial charge in [-0.2, -0.15) is 8.42 Å². The number of hydrogen-bond acceptors (Lipinski definition) is 7. The Hall–Kier alpha value is -1.37. The molecule has 0 aliphatic heterocycles. The number of benzene rings is 1. The summed E-state index contributed by atoms with van der Waals surface area (Å²) in [6, 6.07) is 4.28. The topological polar surface area (TPSA) is 148 Å². The second-order valence-corrected chi connectivity index (χ2v) is 9.78. The van der Waals surface area contributed by atoms with E-state index in [1.54, 1.807) is 6.92 Å². The molecule has 2 aromatic rings. The van der Waals surface area contributed by atoms with E-state index in [0.717, 1.165) is 11.8 Å². The monoisotopic (exact) mass is 392 g/mol. The molecule has 0 fully saturated rings. The standard InChI is InChI=1S/C13H16N2O6S3/c1-8-3-4-10(24(19,20)21)9(5-8)6-13(2,16)12-15-7-11(22-12)23(14,17)18/h3-5,7,16H,6H2,1-2H3,(H2,14,17,18)(H,19,20,21). The lowest BCUT2D eigenvalue weighted by Crippen LogP contribution is -2.25. The van der Waals surface area contributed by atoms with Gasteiger partial charge in [0.1, 0.15) is 10.6 Å². The van der Waals surface area contributed by atoms with Crippen molar-refractivity contribution in [3.8, 4) is 0 Å². The van der Waals surface area contributed by atoms with E-state index in [1.807, 2.05) is 0 Å². The molecule has 1 unspecified atom stereocenters. The first kappa shape index (κ1) is 19.0. The molecule has 0 saturated heterocycles. The van der Waals surface area contributed by atoms with Crippen LogP contribution in [0.25, 0.3) is 0 Å². The molecule has 1 aromatic heterocycles. The number of hydrogen-bond donors (Lipinski definition) is 3. The van der Waals surface area contributed by atoms with Crippen LogP contribution in [-0.2, 0) is 32.2 Å². The van der Waals surface area contributed by atoms with Crippen LogP contribution in [0.1, 0.15) is 23.1 Å². The van der Waals surface area contributed by atoms with E-state index in [1.165, 1.54) is 25.1 Å². The van der Waals surface area contributed by atoms with E-state index in [4.69, 9.17) is 5.14 Å². The summed E-state index contributed by atoms with van der Waals surface area (Å²) in [5, 5.41) is 15.7. The predicted molar refractivity (Wildman–Crippen MR) is 87.8 cm³/mol. The van der Waals surface area contributed by atoms with Gasteiger partial charge in [0.25, 0.3) is 10.1 Å². The third kappa shape index (κ3) is 4.18. The summed E-state index contributed by atoms with van der Waals surface area (Å²) in [5.74, 6) is 0. The summed E-state index contributed by atoms with van der Waals surface area (Å²) in [6.45, 7) is 3.10. The van der Waals surface area contributed by atoms with Crippen molar-refractivity contribution in [3.05, 3.63) is 40.5 Å². The van der Waals surface area contributed by atoms with Crippen molar-refractivity contribution < 1.29 is 26.5 Å². The first-order valence-corrected chi connectivity index (χ1v) is 10.4. The van der Waals surface area contributed by atoms with E-state index in [9.17, 15) is 26.5 Å². The highest BCUT2D eigenvalue weighted by Gasteiger charge is 2.31. The zero-order valence-corrected chi connectivity index (χ0v) is 15.2. The van der Waals surface area contributed by atoms with Gasteiger partial charge >= 0.3 is 0 Å². The lowest BCUT2D eigenvalue weighted by Gasteiger charge is -2.22. The van der Waals surface area contributed by atoms with Crippen LogP contribution in [0, 0.1) is 6.92 Å². The number of sulfonamides is 1. The molecule has 0 aliphatic carbocycles. The van der Waals surface area contributed by atoms with Crippen LogP contribution in [0.5, 0.6) is 0 Å². The molecule has 0 bridgehead atoms. The number of rotatable bonds is 5. The molecule has 0 saturated carbocycles. The Morgan fingerprint density at radius 2 is 1.92 bits per heavy atom. The molecule has 1 aromatic carbocycles. The van der Waals surface area contributed by atoms with Crippen LogP contribution in [0.4, 0.5) is 0 Å². The van der Waals surface area contributed by atoms with Gasteiger partial charge in [0.05, 0.1) is 11.1 Å². The Labute approximate surface area is 143 Å². The number of nitrogens with zero attached hydrogens (tertiary/aromatic N) is 1. The maximum atomic E-state index is 11.5. The molecule has 11 heteroatoms.